The second kappa shape index (κ2) is 6.29. The molecule has 1 aliphatic heterocycles. The number of halogens is 2. The van der Waals surface area contributed by atoms with Crippen molar-refractivity contribution in [2.75, 3.05) is 13.1 Å². The van der Waals surface area contributed by atoms with Gasteiger partial charge < -0.3 is 5.32 Å². The molecule has 0 spiro atoms. The number of benzene rings is 2. The van der Waals surface area contributed by atoms with Gasteiger partial charge >= 0.3 is 0 Å². The van der Waals surface area contributed by atoms with Crippen molar-refractivity contribution in [3.63, 3.8) is 0 Å². The highest BCUT2D eigenvalue weighted by molar-refractivity contribution is 9.10. The first-order valence-electron chi connectivity index (χ1n) is 7.38. The molecule has 0 bridgehead atoms. The van der Waals surface area contributed by atoms with E-state index in [1.807, 2.05) is 19.1 Å². The molecule has 0 amide bonds. The van der Waals surface area contributed by atoms with Gasteiger partial charge in [0.2, 0.25) is 0 Å². The summed E-state index contributed by atoms with van der Waals surface area (Å²) in [4.78, 5) is 0. The van der Waals surface area contributed by atoms with Gasteiger partial charge in [0.25, 0.3) is 0 Å². The number of hydrogen-bond acceptors (Lipinski definition) is 1. The highest BCUT2D eigenvalue weighted by Gasteiger charge is 2.29. The molecule has 1 fully saturated rings. The van der Waals surface area contributed by atoms with Crippen molar-refractivity contribution in [1.82, 2.24) is 5.32 Å². The van der Waals surface area contributed by atoms with Gasteiger partial charge in [-0.2, -0.15) is 0 Å². The Labute approximate surface area is 133 Å². The van der Waals surface area contributed by atoms with E-state index in [2.05, 4.69) is 39.4 Å². The Morgan fingerprint density at radius 3 is 2.67 bits per heavy atom. The van der Waals surface area contributed by atoms with Gasteiger partial charge in [-0.25, -0.2) is 4.39 Å². The largest absolute Gasteiger partial charge is 0.316 e. The molecule has 1 heterocycles. The van der Waals surface area contributed by atoms with Crippen LogP contribution in [-0.2, 0) is 0 Å². The van der Waals surface area contributed by atoms with E-state index in [9.17, 15) is 4.39 Å². The number of hydrogen-bond donors (Lipinski definition) is 1. The number of nitrogens with one attached hydrogen (secondary N) is 1. The minimum Gasteiger partial charge on any atom is -0.316 e. The predicted molar refractivity (Wildman–Crippen MR) is 88.2 cm³/mol. The van der Waals surface area contributed by atoms with Gasteiger partial charge in [-0.1, -0.05) is 40.2 Å². The Balaban J connectivity index is 2.00. The standard InChI is InChI=1S/C18H19BrFN/c1-12-10-13(20)6-7-14(12)15-8-9-21-11-17(15)16-4-2-3-5-18(16)19/h2-7,10,15,17,21H,8-9,11H2,1H3. The molecule has 1 N–H and O–H groups in total. The minimum atomic E-state index is -0.150. The molecule has 2 aromatic carbocycles. The van der Waals surface area contributed by atoms with Gasteiger partial charge in [-0.15, -0.1) is 0 Å². The molecule has 2 atom stereocenters. The molecule has 110 valence electrons. The topological polar surface area (TPSA) is 12.0 Å². The summed E-state index contributed by atoms with van der Waals surface area (Å²) < 4.78 is 14.5. The average molecular weight is 348 g/mol. The molecule has 0 saturated carbocycles. The molecular weight excluding hydrogens is 329 g/mol. The summed E-state index contributed by atoms with van der Waals surface area (Å²) in [5, 5.41) is 3.50. The third-order valence-corrected chi connectivity index (χ3v) is 5.14. The summed E-state index contributed by atoms with van der Waals surface area (Å²) in [6, 6.07) is 13.6. The van der Waals surface area contributed by atoms with Crippen molar-refractivity contribution in [2.45, 2.75) is 25.2 Å². The number of rotatable bonds is 2. The zero-order chi connectivity index (χ0) is 14.8. The van der Waals surface area contributed by atoms with Crippen LogP contribution in [0.15, 0.2) is 46.9 Å². The number of piperidine rings is 1. The van der Waals surface area contributed by atoms with Crippen LogP contribution in [0.3, 0.4) is 0 Å². The SMILES string of the molecule is Cc1cc(F)ccc1C1CCNCC1c1ccccc1Br. The fourth-order valence-corrected chi connectivity index (χ4v) is 3.97. The quantitative estimate of drug-likeness (QED) is 0.825. The lowest BCUT2D eigenvalue weighted by atomic mass is 9.76. The smallest absolute Gasteiger partial charge is 0.123 e. The highest BCUT2D eigenvalue weighted by Crippen LogP contribution is 2.41. The predicted octanol–water partition coefficient (Wildman–Crippen LogP) is 4.76. The summed E-state index contributed by atoms with van der Waals surface area (Å²) in [7, 11) is 0. The lowest BCUT2D eigenvalue weighted by molar-refractivity contribution is 0.402. The zero-order valence-corrected chi connectivity index (χ0v) is 13.7. The zero-order valence-electron chi connectivity index (χ0n) is 12.1. The van der Waals surface area contributed by atoms with Gasteiger partial charge in [-0.05, 0) is 60.7 Å². The summed E-state index contributed by atoms with van der Waals surface area (Å²) in [5.74, 6) is 0.701. The summed E-state index contributed by atoms with van der Waals surface area (Å²) in [6.07, 6.45) is 1.08. The van der Waals surface area contributed by atoms with Crippen LogP contribution in [0.1, 0.15) is 34.9 Å². The van der Waals surface area contributed by atoms with E-state index >= 15 is 0 Å². The lowest BCUT2D eigenvalue weighted by Gasteiger charge is -2.34. The molecule has 21 heavy (non-hydrogen) atoms. The Hall–Kier alpha value is -1.19. The minimum absolute atomic E-state index is 0.150. The van der Waals surface area contributed by atoms with E-state index in [0.29, 0.717) is 11.8 Å². The monoisotopic (exact) mass is 347 g/mol. The van der Waals surface area contributed by atoms with Gasteiger partial charge in [0.1, 0.15) is 5.82 Å². The molecule has 1 saturated heterocycles. The molecule has 3 heteroatoms. The van der Waals surface area contributed by atoms with Crippen LogP contribution >= 0.6 is 15.9 Å². The van der Waals surface area contributed by atoms with Crippen molar-refractivity contribution >= 4 is 15.9 Å². The first-order valence-corrected chi connectivity index (χ1v) is 8.17. The molecular formula is C18H19BrFN. The van der Waals surface area contributed by atoms with E-state index in [-0.39, 0.29) is 5.82 Å². The van der Waals surface area contributed by atoms with Gasteiger partial charge in [0.15, 0.2) is 0 Å². The van der Waals surface area contributed by atoms with Crippen molar-refractivity contribution in [3.05, 3.63) is 69.4 Å². The van der Waals surface area contributed by atoms with Gasteiger partial charge in [-0.3, -0.25) is 0 Å². The van der Waals surface area contributed by atoms with Crippen LogP contribution in [0, 0.1) is 12.7 Å². The van der Waals surface area contributed by atoms with E-state index in [1.165, 1.54) is 11.1 Å². The van der Waals surface area contributed by atoms with E-state index in [0.717, 1.165) is 29.5 Å². The van der Waals surface area contributed by atoms with Crippen LogP contribution in [0.5, 0.6) is 0 Å². The first-order chi connectivity index (χ1) is 10.2. The van der Waals surface area contributed by atoms with Crippen LogP contribution in [0.2, 0.25) is 0 Å². The molecule has 2 unspecified atom stereocenters. The van der Waals surface area contributed by atoms with Crippen molar-refractivity contribution in [1.29, 1.82) is 0 Å². The first kappa shape index (κ1) is 14.7. The normalized spacial score (nSPS) is 22.2. The number of aryl methyl sites for hydroxylation is 1. The molecule has 1 nitrogen and oxygen atoms in total. The molecule has 1 aliphatic rings. The maximum absolute atomic E-state index is 13.4. The molecule has 3 rings (SSSR count). The van der Waals surface area contributed by atoms with E-state index in [4.69, 9.17) is 0 Å². The second-order valence-electron chi connectivity index (χ2n) is 5.73. The Morgan fingerprint density at radius 2 is 1.90 bits per heavy atom. The fourth-order valence-electron chi connectivity index (χ4n) is 3.39. The Morgan fingerprint density at radius 1 is 1.10 bits per heavy atom. The molecule has 0 aromatic heterocycles. The van der Waals surface area contributed by atoms with Crippen LogP contribution in [0.25, 0.3) is 0 Å². The van der Waals surface area contributed by atoms with Crippen LogP contribution in [-0.4, -0.2) is 13.1 Å². The summed E-state index contributed by atoms with van der Waals surface area (Å²) >= 11 is 3.67. The van der Waals surface area contributed by atoms with Gasteiger partial charge in [0, 0.05) is 16.9 Å². The molecule has 0 radical (unpaired) electrons. The van der Waals surface area contributed by atoms with E-state index in [1.54, 1.807) is 12.1 Å². The lowest BCUT2D eigenvalue weighted by Crippen LogP contribution is -2.34. The fraction of sp³-hybridized carbons (Fsp3) is 0.333. The van der Waals surface area contributed by atoms with Crippen molar-refractivity contribution in [2.24, 2.45) is 0 Å². The third-order valence-electron chi connectivity index (χ3n) is 4.42. The van der Waals surface area contributed by atoms with Gasteiger partial charge in [0.05, 0.1) is 0 Å². The average Bonchev–Trinajstić information content (AvgIpc) is 2.48. The third kappa shape index (κ3) is 3.04. The second-order valence-corrected chi connectivity index (χ2v) is 6.58. The van der Waals surface area contributed by atoms with Crippen molar-refractivity contribution < 1.29 is 4.39 Å². The van der Waals surface area contributed by atoms with Crippen molar-refractivity contribution in [3.8, 4) is 0 Å². The summed E-state index contributed by atoms with van der Waals surface area (Å²) in [5.41, 5.74) is 3.66. The van der Waals surface area contributed by atoms with Crippen LogP contribution < -0.4 is 5.32 Å². The van der Waals surface area contributed by atoms with Crippen LogP contribution in [0.4, 0.5) is 4.39 Å². The molecule has 2 aromatic rings. The van der Waals surface area contributed by atoms with E-state index < -0.39 is 0 Å². The molecule has 0 aliphatic carbocycles. The Kier molecular flexibility index (Phi) is 4.41. The Bertz CT molecular complexity index is 641. The maximum atomic E-state index is 13.4. The maximum Gasteiger partial charge on any atom is 0.123 e. The highest BCUT2D eigenvalue weighted by atomic mass is 79.9. The summed E-state index contributed by atoms with van der Waals surface area (Å²) in [6.45, 7) is 3.99.